The molecule has 120 valence electrons. The van der Waals surface area contributed by atoms with E-state index in [4.69, 9.17) is 4.74 Å². The number of para-hydroxylation sites is 1. The number of nitrogens with zero attached hydrogens (tertiary/aromatic N) is 1. The maximum absolute atomic E-state index is 5.88. The molecule has 2 heterocycles. The predicted octanol–water partition coefficient (Wildman–Crippen LogP) is 5.20. The Labute approximate surface area is 141 Å². The van der Waals surface area contributed by atoms with E-state index in [9.17, 15) is 0 Å². The van der Waals surface area contributed by atoms with E-state index in [-0.39, 0.29) is 0 Å². The van der Waals surface area contributed by atoms with Gasteiger partial charge in [0, 0.05) is 28.4 Å². The summed E-state index contributed by atoms with van der Waals surface area (Å²) in [4.78, 5) is 7.96. The fourth-order valence-electron chi connectivity index (χ4n) is 2.39. The number of nitrogens with one attached hydrogen (secondary N) is 1. The van der Waals surface area contributed by atoms with Crippen LogP contribution in [-0.4, -0.2) is 16.6 Å². The molecule has 0 spiro atoms. The Morgan fingerprint density at radius 3 is 2.83 bits per heavy atom. The molecule has 1 aromatic carbocycles. The Balaban J connectivity index is 1.71. The van der Waals surface area contributed by atoms with Gasteiger partial charge in [0.25, 0.3) is 0 Å². The average Bonchev–Trinajstić information content (AvgIpc) is 2.95. The minimum absolute atomic E-state index is 0.520. The van der Waals surface area contributed by atoms with E-state index in [0.717, 1.165) is 29.4 Å². The first-order valence-corrected chi connectivity index (χ1v) is 8.90. The van der Waals surface area contributed by atoms with Gasteiger partial charge in [-0.3, -0.25) is 4.98 Å². The SMILES string of the molecule is Cc1c(OCC(C)C)ccnc1CSc1cc2ccccc2[nH]1. The summed E-state index contributed by atoms with van der Waals surface area (Å²) in [7, 11) is 0. The van der Waals surface area contributed by atoms with Crippen LogP contribution < -0.4 is 4.74 Å². The van der Waals surface area contributed by atoms with Crippen molar-refractivity contribution in [2.45, 2.75) is 31.6 Å². The second kappa shape index (κ2) is 7.09. The molecule has 0 saturated heterocycles. The van der Waals surface area contributed by atoms with E-state index in [2.05, 4.69) is 61.1 Å². The lowest BCUT2D eigenvalue weighted by atomic mass is 10.2. The quantitative estimate of drug-likeness (QED) is 0.633. The van der Waals surface area contributed by atoms with Crippen LogP contribution in [0.4, 0.5) is 0 Å². The average molecular weight is 326 g/mol. The van der Waals surface area contributed by atoms with E-state index in [0.29, 0.717) is 5.92 Å². The zero-order chi connectivity index (χ0) is 16.2. The number of H-pyrrole nitrogens is 1. The van der Waals surface area contributed by atoms with Gasteiger partial charge in [0.1, 0.15) is 5.75 Å². The largest absolute Gasteiger partial charge is 0.493 e. The summed E-state index contributed by atoms with van der Waals surface area (Å²) in [6.45, 7) is 7.13. The summed E-state index contributed by atoms with van der Waals surface area (Å²) in [5, 5.41) is 2.41. The summed E-state index contributed by atoms with van der Waals surface area (Å²) in [6, 6.07) is 12.5. The highest BCUT2D eigenvalue weighted by atomic mass is 32.2. The van der Waals surface area contributed by atoms with E-state index >= 15 is 0 Å². The van der Waals surface area contributed by atoms with Crippen molar-refractivity contribution in [3.63, 3.8) is 0 Å². The van der Waals surface area contributed by atoms with Crippen molar-refractivity contribution in [1.82, 2.24) is 9.97 Å². The highest BCUT2D eigenvalue weighted by Crippen LogP contribution is 2.28. The number of aromatic nitrogens is 2. The fraction of sp³-hybridized carbons (Fsp3) is 0.316. The van der Waals surface area contributed by atoms with Gasteiger partial charge in [-0.2, -0.15) is 0 Å². The standard InChI is InChI=1S/C19H22N2OS/c1-13(2)11-22-18-8-9-20-17(14(18)3)12-23-19-10-15-6-4-5-7-16(15)21-19/h4-10,13,21H,11-12H2,1-3H3. The van der Waals surface area contributed by atoms with Crippen molar-refractivity contribution >= 4 is 22.7 Å². The van der Waals surface area contributed by atoms with E-state index < -0.39 is 0 Å². The Morgan fingerprint density at radius 1 is 1.22 bits per heavy atom. The van der Waals surface area contributed by atoms with Crippen LogP contribution in [0.1, 0.15) is 25.1 Å². The summed E-state index contributed by atoms with van der Waals surface area (Å²) < 4.78 is 5.88. The molecule has 1 N–H and O–H groups in total. The third kappa shape index (κ3) is 3.88. The summed E-state index contributed by atoms with van der Waals surface area (Å²) in [5.74, 6) is 2.30. The summed E-state index contributed by atoms with van der Waals surface area (Å²) >= 11 is 1.77. The Morgan fingerprint density at radius 2 is 2.04 bits per heavy atom. The van der Waals surface area contributed by atoms with E-state index in [1.165, 1.54) is 15.9 Å². The zero-order valence-corrected chi connectivity index (χ0v) is 14.6. The van der Waals surface area contributed by atoms with Gasteiger partial charge in [0.05, 0.1) is 17.3 Å². The molecule has 3 rings (SSSR count). The molecular weight excluding hydrogens is 304 g/mol. The molecule has 0 radical (unpaired) electrons. The van der Waals surface area contributed by atoms with Crippen LogP contribution in [0.2, 0.25) is 0 Å². The highest BCUT2D eigenvalue weighted by molar-refractivity contribution is 7.98. The van der Waals surface area contributed by atoms with Crippen LogP contribution in [0.25, 0.3) is 10.9 Å². The monoisotopic (exact) mass is 326 g/mol. The van der Waals surface area contributed by atoms with Gasteiger partial charge in [-0.25, -0.2) is 0 Å². The Bertz CT molecular complexity index is 762. The molecule has 3 nitrogen and oxygen atoms in total. The van der Waals surface area contributed by atoms with Gasteiger partial charge in [0.15, 0.2) is 0 Å². The number of aromatic amines is 1. The minimum atomic E-state index is 0.520. The Kier molecular flexibility index (Phi) is 4.91. The van der Waals surface area contributed by atoms with E-state index in [1.54, 1.807) is 11.8 Å². The van der Waals surface area contributed by atoms with Crippen molar-refractivity contribution in [2.24, 2.45) is 5.92 Å². The molecular formula is C19H22N2OS. The molecule has 4 heteroatoms. The van der Waals surface area contributed by atoms with Crippen LogP contribution in [0.3, 0.4) is 0 Å². The highest BCUT2D eigenvalue weighted by Gasteiger charge is 2.09. The number of fused-ring (bicyclic) bond motifs is 1. The maximum Gasteiger partial charge on any atom is 0.125 e. The second-order valence-corrected chi connectivity index (χ2v) is 7.11. The number of rotatable bonds is 6. The van der Waals surface area contributed by atoms with Crippen LogP contribution in [0.5, 0.6) is 5.75 Å². The molecule has 0 aliphatic carbocycles. The van der Waals surface area contributed by atoms with Gasteiger partial charge >= 0.3 is 0 Å². The normalized spacial score (nSPS) is 11.3. The molecule has 0 amide bonds. The van der Waals surface area contributed by atoms with Gasteiger partial charge in [-0.1, -0.05) is 32.0 Å². The molecule has 3 aromatic rings. The van der Waals surface area contributed by atoms with Crippen molar-refractivity contribution in [3.8, 4) is 5.75 Å². The fourth-order valence-corrected chi connectivity index (χ4v) is 3.36. The lowest BCUT2D eigenvalue weighted by Gasteiger charge is -2.13. The molecule has 0 aliphatic heterocycles. The van der Waals surface area contributed by atoms with Crippen LogP contribution >= 0.6 is 11.8 Å². The van der Waals surface area contributed by atoms with Crippen LogP contribution in [-0.2, 0) is 5.75 Å². The molecule has 0 unspecified atom stereocenters. The number of benzene rings is 1. The number of hydrogen-bond donors (Lipinski definition) is 1. The third-order valence-electron chi connectivity index (χ3n) is 3.70. The topological polar surface area (TPSA) is 37.9 Å². The number of pyridine rings is 1. The van der Waals surface area contributed by atoms with Crippen LogP contribution in [0, 0.1) is 12.8 Å². The molecule has 0 aliphatic rings. The second-order valence-electron chi connectivity index (χ2n) is 6.10. The molecule has 0 atom stereocenters. The summed E-state index contributed by atoms with van der Waals surface area (Å²) in [5.41, 5.74) is 3.39. The summed E-state index contributed by atoms with van der Waals surface area (Å²) in [6.07, 6.45) is 1.84. The van der Waals surface area contributed by atoms with Crippen molar-refractivity contribution in [1.29, 1.82) is 0 Å². The lowest BCUT2D eigenvalue weighted by Crippen LogP contribution is -2.06. The first-order chi connectivity index (χ1) is 11.1. The first-order valence-electron chi connectivity index (χ1n) is 7.91. The Hall–Kier alpha value is -1.94. The molecule has 0 fully saturated rings. The number of ether oxygens (including phenoxy) is 1. The number of hydrogen-bond acceptors (Lipinski definition) is 3. The van der Waals surface area contributed by atoms with Crippen molar-refractivity contribution < 1.29 is 4.74 Å². The van der Waals surface area contributed by atoms with E-state index in [1.807, 2.05) is 12.3 Å². The predicted molar refractivity (Wildman–Crippen MR) is 97.2 cm³/mol. The maximum atomic E-state index is 5.88. The number of thioether (sulfide) groups is 1. The van der Waals surface area contributed by atoms with Gasteiger partial charge in [-0.05, 0) is 31.0 Å². The smallest absolute Gasteiger partial charge is 0.125 e. The van der Waals surface area contributed by atoms with Crippen molar-refractivity contribution in [3.05, 3.63) is 53.9 Å². The minimum Gasteiger partial charge on any atom is -0.493 e. The van der Waals surface area contributed by atoms with Gasteiger partial charge in [0.2, 0.25) is 0 Å². The lowest BCUT2D eigenvalue weighted by molar-refractivity contribution is 0.269. The molecule has 0 saturated carbocycles. The zero-order valence-electron chi connectivity index (χ0n) is 13.8. The molecule has 2 aromatic heterocycles. The van der Waals surface area contributed by atoms with Crippen molar-refractivity contribution in [2.75, 3.05) is 6.61 Å². The third-order valence-corrected chi connectivity index (χ3v) is 4.65. The van der Waals surface area contributed by atoms with Crippen LogP contribution in [0.15, 0.2) is 47.6 Å². The van der Waals surface area contributed by atoms with Gasteiger partial charge < -0.3 is 9.72 Å². The molecule has 23 heavy (non-hydrogen) atoms. The first kappa shape index (κ1) is 15.9. The molecule has 0 bridgehead atoms. The van der Waals surface area contributed by atoms with Gasteiger partial charge in [-0.15, -0.1) is 11.8 Å².